The average molecular weight is 274 g/mol. The van der Waals surface area contributed by atoms with Crippen molar-refractivity contribution in [2.75, 3.05) is 12.5 Å². The standard InChI is InChI=1S/C10H14OS2.2C2H6/c1-2-11-9-12-13-10-7-5-3-4-6-8-10;2*1-2/h3,5-8H,2,4,9H2,1H3;2*1-2H3. The molecule has 0 heterocycles. The Morgan fingerprint density at radius 3 is 2.53 bits per heavy atom. The Balaban J connectivity index is 0. The van der Waals surface area contributed by atoms with Crippen molar-refractivity contribution in [3.63, 3.8) is 0 Å². The van der Waals surface area contributed by atoms with E-state index in [1.807, 2.05) is 34.6 Å². The predicted octanol–water partition coefficient (Wildman–Crippen LogP) is 5.81. The molecule has 1 nitrogen and oxygen atoms in total. The highest BCUT2D eigenvalue weighted by atomic mass is 33.1. The third kappa shape index (κ3) is 13.8. The number of hydrogen-bond donors (Lipinski definition) is 0. The smallest absolute Gasteiger partial charge is 0.102 e. The third-order valence-electron chi connectivity index (χ3n) is 1.44. The third-order valence-corrected chi connectivity index (χ3v) is 3.51. The van der Waals surface area contributed by atoms with Crippen LogP contribution in [0, 0.1) is 0 Å². The van der Waals surface area contributed by atoms with Crippen molar-refractivity contribution in [3.8, 4) is 0 Å². The first-order valence-electron chi connectivity index (χ1n) is 6.34. The van der Waals surface area contributed by atoms with Crippen LogP contribution in [0.3, 0.4) is 0 Å². The molecule has 3 heteroatoms. The molecule has 1 aliphatic carbocycles. The zero-order chi connectivity index (χ0) is 13.4. The van der Waals surface area contributed by atoms with Crippen molar-refractivity contribution in [2.45, 2.75) is 41.0 Å². The lowest BCUT2D eigenvalue weighted by molar-refractivity contribution is 0.200. The van der Waals surface area contributed by atoms with E-state index >= 15 is 0 Å². The number of hydrogen-bond acceptors (Lipinski definition) is 3. The van der Waals surface area contributed by atoms with E-state index in [9.17, 15) is 0 Å². The van der Waals surface area contributed by atoms with Gasteiger partial charge in [0.25, 0.3) is 0 Å². The lowest BCUT2D eigenvalue weighted by atomic mass is 10.4. The summed E-state index contributed by atoms with van der Waals surface area (Å²) >= 11 is 0. The molecule has 0 fully saturated rings. The van der Waals surface area contributed by atoms with Gasteiger partial charge in [-0.05, 0) is 19.4 Å². The second-order valence-corrected chi connectivity index (χ2v) is 4.76. The maximum atomic E-state index is 5.23. The number of rotatable bonds is 5. The molecule has 0 aromatic rings. The van der Waals surface area contributed by atoms with Crippen LogP contribution in [-0.2, 0) is 4.74 Å². The Kier molecular flexibility index (Phi) is 20.6. The molecular formula is C14H26OS2. The van der Waals surface area contributed by atoms with Gasteiger partial charge in [-0.2, -0.15) is 0 Å². The van der Waals surface area contributed by atoms with Crippen LogP contribution in [0.25, 0.3) is 0 Å². The van der Waals surface area contributed by atoms with E-state index in [2.05, 4.69) is 30.4 Å². The van der Waals surface area contributed by atoms with Gasteiger partial charge in [0.2, 0.25) is 0 Å². The second-order valence-electron chi connectivity index (χ2n) is 2.45. The Morgan fingerprint density at radius 1 is 1.18 bits per heavy atom. The largest absolute Gasteiger partial charge is 0.370 e. The molecule has 0 aromatic heterocycles. The summed E-state index contributed by atoms with van der Waals surface area (Å²) in [6, 6.07) is 0. The Bertz CT molecular complexity index is 220. The predicted molar refractivity (Wildman–Crippen MR) is 85.4 cm³/mol. The minimum absolute atomic E-state index is 0.760. The molecular weight excluding hydrogens is 248 g/mol. The van der Waals surface area contributed by atoms with Crippen molar-refractivity contribution in [1.29, 1.82) is 0 Å². The molecule has 100 valence electrons. The topological polar surface area (TPSA) is 9.23 Å². The minimum atomic E-state index is 0.760. The van der Waals surface area contributed by atoms with Crippen molar-refractivity contribution < 1.29 is 4.74 Å². The van der Waals surface area contributed by atoms with Gasteiger partial charge in [0, 0.05) is 11.5 Å². The normalized spacial score (nSPS) is 12.6. The lowest BCUT2D eigenvalue weighted by Crippen LogP contribution is -1.85. The number of allylic oxidation sites excluding steroid dienone is 5. The highest BCUT2D eigenvalue weighted by Gasteiger charge is 1.95. The van der Waals surface area contributed by atoms with Crippen LogP contribution >= 0.6 is 21.6 Å². The quantitative estimate of drug-likeness (QED) is 0.355. The number of ether oxygens (including phenoxy) is 1. The van der Waals surface area contributed by atoms with Gasteiger partial charge in [-0.3, -0.25) is 0 Å². The minimum Gasteiger partial charge on any atom is -0.370 e. The molecule has 0 N–H and O–H groups in total. The second kappa shape index (κ2) is 18.3. The highest BCUT2D eigenvalue weighted by molar-refractivity contribution is 8.78. The van der Waals surface area contributed by atoms with Gasteiger partial charge in [0.1, 0.15) is 5.94 Å². The molecule has 17 heavy (non-hydrogen) atoms. The molecule has 1 aliphatic rings. The van der Waals surface area contributed by atoms with Crippen molar-refractivity contribution in [3.05, 3.63) is 35.3 Å². The summed E-state index contributed by atoms with van der Waals surface area (Å²) in [5.41, 5.74) is 0. The zero-order valence-corrected chi connectivity index (χ0v) is 13.4. The molecule has 1 rings (SSSR count). The summed E-state index contributed by atoms with van der Waals surface area (Å²) in [5.74, 6) is 0.760. The molecule has 0 radical (unpaired) electrons. The highest BCUT2D eigenvalue weighted by Crippen LogP contribution is 2.31. The van der Waals surface area contributed by atoms with Crippen LogP contribution < -0.4 is 0 Å². The molecule has 0 amide bonds. The van der Waals surface area contributed by atoms with Gasteiger partial charge < -0.3 is 4.74 Å². The molecule has 0 aliphatic heterocycles. The fourth-order valence-electron chi connectivity index (χ4n) is 0.825. The van der Waals surface area contributed by atoms with Crippen LogP contribution in [0.1, 0.15) is 41.0 Å². The summed E-state index contributed by atoms with van der Waals surface area (Å²) in [7, 11) is 3.50. The molecule has 0 saturated carbocycles. The van der Waals surface area contributed by atoms with Gasteiger partial charge in [-0.15, -0.1) is 0 Å². The zero-order valence-electron chi connectivity index (χ0n) is 11.7. The lowest BCUT2D eigenvalue weighted by Gasteiger charge is -2.00. The van der Waals surface area contributed by atoms with Gasteiger partial charge in [-0.25, -0.2) is 0 Å². The maximum absolute atomic E-state index is 5.23. The first-order chi connectivity index (χ1) is 8.43. The van der Waals surface area contributed by atoms with Gasteiger partial charge in [0.15, 0.2) is 0 Å². The SMILES string of the molecule is CC.CC.CCOCSSC1=CC=CCC=C1. The molecule has 0 aromatic carbocycles. The monoisotopic (exact) mass is 274 g/mol. The van der Waals surface area contributed by atoms with Crippen LogP contribution in [0.15, 0.2) is 35.3 Å². The Hall–Kier alpha value is -0.120. The van der Waals surface area contributed by atoms with Crippen LogP contribution in [0.4, 0.5) is 0 Å². The molecule has 0 bridgehead atoms. The van der Waals surface area contributed by atoms with E-state index < -0.39 is 0 Å². The fraction of sp³-hybridized carbons (Fsp3) is 0.571. The van der Waals surface area contributed by atoms with E-state index in [4.69, 9.17) is 4.74 Å². The first kappa shape index (κ1) is 19.2. The Morgan fingerprint density at radius 2 is 1.88 bits per heavy atom. The fourth-order valence-corrected chi connectivity index (χ4v) is 2.62. The van der Waals surface area contributed by atoms with Crippen molar-refractivity contribution >= 4 is 21.6 Å². The van der Waals surface area contributed by atoms with Gasteiger partial charge >= 0.3 is 0 Å². The van der Waals surface area contributed by atoms with E-state index in [0.717, 1.165) is 19.0 Å². The van der Waals surface area contributed by atoms with Gasteiger partial charge in [-0.1, -0.05) is 73.6 Å². The van der Waals surface area contributed by atoms with Crippen LogP contribution in [0.5, 0.6) is 0 Å². The summed E-state index contributed by atoms with van der Waals surface area (Å²) in [6.45, 7) is 10.8. The summed E-state index contributed by atoms with van der Waals surface area (Å²) in [5, 5.41) is 0. The maximum Gasteiger partial charge on any atom is 0.102 e. The molecule has 0 saturated heterocycles. The van der Waals surface area contributed by atoms with Crippen molar-refractivity contribution in [2.24, 2.45) is 0 Å². The van der Waals surface area contributed by atoms with E-state index in [-0.39, 0.29) is 0 Å². The van der Waals surface area contributed by atoms with Crippen LogP contribution in [-0.4, -0.2) is 12.5 Å². The summed E-state index contributed by atoms with van der Waals surface area (Å²) < 4.78 is 5.23. The molecule has 0 spiro atoms. The average Bonchev–Trinajstić information content (AvgIpc) is 2.68. The first-order valence-corrected chi connectivity index (χ1v) is 8.66. The van der Waals surface area contributed by atoms with E-state index in [1.165, 1.54) is 4.91 Å². The molecule has 0 atom stereocenters. The molecule has 0 unspecified atom stereocenters. The van der Waals surface area contributed by atoms with Crippen LogP contribution in [0.2, 0.25) is 0 Å². The van der Waals surface area contributed by atoms with Crippen molar-refractivity contribution in [1.82, 2.24) is 0 Å². The van der Waals surface area contributed by atoms with E-state index in [1.54, 1.807) is 21.6 Å². The summed E-state index contributed by atoms with van der Waals surface area (Å²) in [4.78, 5) is 1.29. The Labute approximate surface area is 115 Å². The van der Waals surface area contributed by atoms with E-state index in [0.29, 0.717) is 0 Å². The summed E-state index contributed by atoms with van der Waals surface area (Å²) in [6.07, 6.45) is 11.7. The van der Waals surface area contributed by atoms with Gasteiger partial charge in [0.05, 0.1) is 0 Å².